The molecular formula is C25H32N4O2. The molecule has 1 saturated heterocycles. The fourth-order valence-electron chi connectivity index (χ4n) is 6.09. The van der Waals surface area contributed by atoms with E-state index in [0.717, 1.165) is 41.7 Å². The Morgan fingerprint density at radius 1 is 1.29 bits per heavy atom. The van der Waals surface area contributed by atoms with Crippen LogP contribution in [0.2, 0.25) is 0 Å². The van der Waals surface area contributed by atoms with E-state index < -0.39 is 0 Å². The third kappa shape index (κ3) is 4.19. The number of hydrogen-bond acceptors (Lipinski definition) is 4. The maximum atomic E-state index is 11.8. The van der Waals surface area contributed by atoms with Crippen LogP contribution < -0.4 is 0 Å². The largest absolute Gasteiger partial charge is 0.466 e. The number of hydrogen-bond donors (Lipinski definition) is 0. The first kappa shape index (κ1) is 21.4. The molecular weight excluding hydrogens is 388 g/mol. The summed E-state index contributed by atoms with van der Waals surface area (Å²) in [5, 5.41) is 10.6. The summed E-state index contributed by atoms with van der Waals surface area (Å²) >= 11 is 0. The van der Waals surface area contributed by atoms with Crippen LogP contribution in [0.25, 0.3) is 10.9 Å². The normalized spacial score (nSPS) is 24.9. The van der Waals surface area contributed by atoms with Gasteiger partial charge in [-0.05, 0) is 49.1 Å². The molecule has 0 amide bonds. The number of fused-ring (bicyclic) bond motifs is 3. The van der Waals surface area contributed by atoms with Crippen LogP contribution in [0, 0.1) is 22.3 Å². The van der Waals surface area contributed by atoms with Gasteiger partial charge in [-0.15, -0.1) is 0 Å². The van der Waals surface area contributed by atoms with E-state index in [1.807, 2.05) is 19.2 Å². The van der Waals surface area contributed by atoms with Gasteiger partial charge < -0.3 is 14.2 Å². The van der Waals surface area contributed by atoms with E-state index >= 15 is 0 Å². The summed E-state index contributed by atoms with van der Waals surface area (Å²) in [6.07, 6.45) is 7.86. The van der Waals surface area contributed by atoms with E-state index in [9.17, 15) is 10.1 Å². The topological polar surface area (TPSA) is 70.6 Å². The fraction of sp³-hybridized carbons (Fsp3) is 0.560. The maximum absolute atomic E-state index is 11.8. The lowest BCUT2D eigenvalue weighted by molar-refractivity contribution is -0.143. The van der Waals surface area contributed by atoms with Crippen molar-refractivity contribution in [3.8, 4) is 6.19 Å². The minimum Gasteiger partial charge on any atom is -0.466 e. The molecule has 2 bridgehead atoms. The number of aryl methyl sites for hydroxylation is 1. The van der Waals surface area contributed by atoms with E-state index in [4.69, 9.17) is 4.74 Å². The molecule has 2 unspecified atom stereocenters. The van der Waals surface area contributed by atoms with Gasteiger partial charge in [0.25, 0.3) is 0 Å². The third-order valence-corrected chi connectivity index (χ3v) is 6.76. The van der Waals surface area contributed by atoms with Crippen molar-refractivity contribution in [2.24, 2.45) is 15.8 Å². The van der Waals surface area contributed by atoms with Crippen molar-refractivity contribution in [2.45, 2.75) is 66.0 Å². The van der Waals surface area contributed by atoms with Crippen molar-refractivity contribution in [3.63, 3.8) is 0 Å². The molecule has 0 spiro atoms. The second-order valence-electron chi connectivity index (χ2n) is 10.2. The second-order valence-corrected chi connectivity index (χ2v) is 10.2. The molecule has 1 aliphatic heterocycles. The quantitative estimate of drug-likeness (QED) is 0.304. The monoisotopic (exact) mass is 420 g/mol. The molecule has 1 saturated carbocycles. The molecule has 6 nitrogen and oxygen atoms in total. The van der Waals surface area contributed by atoms with Crippen LogP contribution in [0.15, 0.2) is 35.5 Å². The Balaban J connectivity index is 1.67. The number of carbonyl (C=O) groups is 1. The van der Waals surface area contributed by atoms with Gasteiger partial charge in [-0.2, -0.15) is 10.3 Å². The van der Waals surface area contributed by atoms with Crippen molar-refractivity contribution in [3.05, 3.63) is 36.0 Å². The Morgan fingerprint density at radius 3 is 2.84 bits per heavy atom. The predicted molar refractivity (Wildman–Crippen MR) is 122 cm³/mol. The zero-order valence-electron chi connectivity index (χ0n) is 19.0. The van der Waals surface area contributed by atoms with E-state index in [1.54, 1.807) is 0 Å². The SMILES string of the molecule is CCOC(=O)CCn1ccc2c(C(=NC#N)N3CC4(C)CC3CC(C)(C)C4)cccc21. The van der Waals surface area contributed by atoms with E-state index in [2.05, 4.69) is 59.6 Å². The molecule has 2 fully saturated rings. The standard InChI is InChI=1S/C25H32N4O2/c1-5-31-22(30)10-12-28-11-9-19-20(7-6-8-21(19)28)23(27-17-26)29-16-25(4)14-18(29)13-24(2,3)15-25/h6-9,11,18H,5,10,12-16H2,1-4H3. The molecule has 0 N–H and O–H groups in total. The number of benzene rings is 1. The van der Waals surface area contributed by atoms with Crippen LogP contribution in [0.1, 0.15) is 58.9 Å². The smallest absolute Gasteiger partial charge is 0.307 e. The Bertz CT molecular complexity index is 1060. The molecule has 164 valence electrons. The number of aliphatic imine (C=N–C) groups is 1. The lowest BCUT2D eigenvalue weighted by Crippen LogP contribution is -2.38. The summed E-state index contributed by atoms with van der Waals surface area (Å²) < 4.78 is 7.14. The first-order valence-corrected chi connectivity index (χ1v) is 11.2. The highest BCUT2D eigenvalue weighted by Crippen LogP contribution is 2.53. The lowest BCUT2D eigenvalue weighted by atomic mass is 9.65. The molecule has 4 rings (SSSR count). The number of nitrogens with zero attached hydrogens (tertiary/aromatic N) is 4. The molecule has 2 aliphatic rings. The summed E-state index contributed by atoms with van der Waals surface area (Å²) in [7, 11) is 0. The van der Waals surface area contributed by atoms with Crippen molar-refractivity contribution in [2.75, 3.05) is 13.2 Å². The van der Waals surface area contributed by atoms with E-state index in [-0.39, 0.29) is 11.4 Å². The molecule has 1 aromatic carbocycles. The van der Waals surface area contributed by atoms with Gasteiger partial charge >= 0.3 is 5.97 Å². The predicted octanol–water partition coefficient (Wildman–Crippen LogP) is 4.72. The first-order valence-electron chi connectivity index (χ1n) is 11.2. The van der Waals surface area contributed by atoms with Crippen LogP contribution in [-0.4, -0.2) is 40.5 Å². The summed E-state index contributed by atoms with van der Waals surface area (Å²) in [5.74, 6) is 0.593. The number of aromatic nitrogens is 1. The number of rotatable bonds is 5. The van der Waals surface area contributed by atoms with Crippen LogP contribution in [0.4, 0.5) is 0 Å². The molecule has 6 heteroatoms. The van der Waals surface area contributed by atoms with E-state index in [0.29, 0.717) is 31.0 Å². The van der Waals surface area contributed by atoms with Crippen molar-refractivity contribution < 1.29 is 9.53 Å². The minimum atomic E-state index is -0.188. The van der Waals surface area contributed by atoms with Crippen molar-refractivity contribution in [1.29, 1.82) is 5.26 Å². The van der Waals surface area contributed by atoms with Gasteiger partial charge in [-0.1, -0.05) is 32.9 Å². The number of carbonyl (C=O) groups excluding carboxylic acids is 1. The molecule has 31 heavy (non-hydrogen) atoms. The van der Waals surface area contributed by atoms with Crippen LogP contribution in [-0.2, 0) is 16.1 Å². The summed E-state index contributed by atoms with van der Waals surface area (Å²) in [6.45, 7) is 10.8. The zero-order valence-corrected chi connectivity index (χ0v) is 19.0. The average molecular weight is 421 g/mol. The molecule has 0 radical (unpaired) electrons. The van der Waals surface area contributed by atoms with Gasteiger partial charge in [0.2, 0.25) is 6.19 Å². The number of likely N-dealkylation sites (tertiary alicyclic amines) is 1. The molecule has 1 aliphatic carbocycles. The highest BCUT2D eigenvalue weighted by Gasteiger charge is 2.50. The van der Waals surface area contributed by atoms with Crippen LogP contribution >= 0.6 is 0 Å². The first-order chi connectivity index (χ1) is 14.8. The number of esters is 1. The van der Waals surface area contributed by atoms with Crippen LogP contribution in [0.5, 0.6) is 0 Å². The van der Waals surface area contributed by atoms with Gasteiger partial charge in [0.05, 0.1) is 13.0 Å². The molecule has 1 aromatic heterocycles. The number of nitriles is 1. The van der Waals surface area contributed by atoms with Crippen molar-refractivity contribution in [1.82, 2.24) is 9.47 Å². The lowest BCUT2D eigenvalue weighted by Gasteiger charge is -2.39. The number of amidine groups is 1. The maximum Gasteiger partial charge on any atom is 0.307 e. The number of ether oxygens (including phenoxy) is 1. The summed E-state index contributed by atoms with van der Waals surface area (Å²) in [5.41, 5.74) is 2.58. The summed E-state index contributed by atoms with van der Waals surface area (Å²) in [6, 6.07) is 8.60. The van der Waals surface area contributed by atoms with Gasteiger partial charge in [0, 0.05) is 41.8 Å². The Morgan fingerprint density at radius 2 is 2.10 bits per heavy atom. The molecule has 2 atom stereocenters. The van der Waals surface area contributed by atoms with Crippen LogP contribution in [0.3, 0.4) is 0 Å². The Kier molecular flexibility index (Phi) is 5.55. The summed E-state index contributed by atoms with van der Waals surface area (Å²) in [4.78, 5) is 18.5. The zero-order chi connectivity index (χ0) is 22.2. The second kappa shape index (κ2) is 8.03. The fourth-order valence-corrected chi connectivity index (χ4v) is 6.09. The molecule has 2 aromatic rings. The van der Waals surface area contributed by atoms with Gasteiger partial charge in [-0.25, -0.2) is 0 Å². The highest BCUT2D eigenvalue weighted by atomic mass is 16.5. The molecule has 2 heterocycles. The van der Waals surface area contributed by atoms with Gasteiger partial charge in [0.15, 0.2) is 0 Å². The Hall–Kier alpha value is -2.81. The Labute approximate surface area is 184 Å². The third-order valence-electron chi connectivity index (χ3n) is 6.76. The van der Waals surface area contributed by atoms with Gasteiger partial charge in [0.1, 0.15) is 5.84 Å². The highest BCUT2D eigenvalue weighted by molar-refractivity contribution is 6.10. The van der Waals surface area contributed by atoms with Crippen molar-refractivity contribution >= 4 is 22.7 Å². The van der Waals surface area contributed by atoms with Gasteiger partial charge in [-0.3, -0.25) is 4.79 Å². The average Bonchev–Trinajstić information content (AvgIpc) is 3.21. The van der Waals surface area contributed by atoms with E-state index in [1.165, 1.54) is 6.42 Å². The minimum absolute atomic E-state index is 0.188.